The van der Waals surface area contributed by atoms with Crippen LogP contribution in [0.25, 0.3) is 0 Å². The average molecular weight is 241 g/mol. The highest BCUT2D eigenvalue weighted by molar-refractivity contribution is 7.09. The number of hydrogen-bond acceptors (Lipinski definition) is 3. The summed E-state index contributed by atoms with van der Waals surface area (Å²) in [6.45, 7) is 9.26. The zero-order valence-electron chi connectivity index (χ0n) is 10.6. The maximum Gasteiger partial charge on any atom is 0.0750 e. The molecule has 0 saturated heterocycles. The lowest BCUT2D eigenvalue weighted by atomic mass is 10.1. The van der Waals surface area contributed by atoms with Gasteiger partial charge in [0, 0.05) is 17.8 Å². The Balaban J connectivity index is 2.14. The molecule has 1 aromatic rings. The van der Waals surface area contributed by atoms with Gasteiger partial charge in [0.15, 0.2) is 0 Å². The van der Waals surface area contributed by atoms with Crippen molar-refractivity contribution in [1.29, 1.82) is 0 Å². The van der Waals surface area contributed by atoms with Gasteiger partial charge < -0.3 is 10.1 Å². The second kappa shape index (κ2) is 7.05. The fourth-order valence-electron chi connectivity index (χ4n) is 1.50. The van der Waals surface area contributed by atoms with Crippen molar-refractivity contribution in [2.45, 2.75) is 39.2 Å². The number of thiophene rings is 1. The molecule has 1 N–H and O–H groups in total. The molecule has 1 rings (SSSR count). The van der Waals surface area contributed by atoms with Crippen molar-refractivity contribution in [1.82, 2.24) is 5.32 Å². The molecule has 2 nitrogen and oxygen atoms in total. The van der Waals surface area contributed by atoms with Gasteiger partial charge in [-0.2, -0.15) is 0 Å². The van der Waals surface area contributed by atoms with Crippen molar-refractivity contribution in [2.24, 2.45) is 0 Å². The fourth-order valence-corrected chi connectivity index (χ4v) is 2.19. The van der Waals surface area contributed by atoms with Gasteiger partial charge in [-0.15, -0.1) is 11.3 Å². The number of ether oxygens (including phenoxy) is 1. The lowest BCUT2D eigenvalue weighted by molar-refractivity contribution is -0.0142. The molecule has 0 aliphatic rings. The van der Waals surface area contributed by atoms with E-state index in [0.717, 1.165) is 26.1 Å². The largest absolute Gasteiger partial charge is 0.374 e. The third-order valence-corrected chi connectivity index (χ3v) is 3.34. The molecule has 0 fully saturated rings. The first-order valence-electron chi connectivity index (χ1n) is 6.01. The second-order valence-electron chi connectivity index (χ2n) is 4.61. The van der Waals surface area contributed by atoms with E-state index in [1.54, 1.807) is 11.3 Å². The molecular weight excluding hydrogens is 218 g/mol. The Hall–Kier alpha value is -0.380. The highest BCUT2D eigenvalue weighted by Gasteiger charge is 2.17. The molecule has 0 spiro atoms. The first-order chi connectivity index (χ1) is 7.64. The van der Waals surface area contributed by atoms with Crippen molar-refractivity contribution in [3.63, 3.8) is 0 Å². The van der Waals surface area contributed by atoms with Gasteiger partial charge in [0.2, 0.25) is 0 Å². The van der Waals surface area contributed by atoms with Crippen LogP contribution in [0, 0.1) is 0 Å². The van der Waals surface area contributed by atoms with Gasteiger partial charge in [-0.1, -0.05) is 13.0 Å². The minimum Gasteiger partial charge on any atom is -0.374 e. The van der Waals surface area contributed by atoms with E-state index in [1.807, 2.05) is 0 Å². The first-order valence-corrected chi connectivity index (χ1v) is 6.89. The Bertz CT molecular complexity index is 269. The summed E-state index contributed by atoms with van der Waals surface area (Å²) in [7, 11) is 0. The van der Waals surface area contributed by atoms with E-state index >= 15 is 0 Å². The molecule has 1 aromatic heterocycles. The van der Waals surface area contributed by atoms with Gasteiger partial charge in [-0.25, -0.2) is 0 Å². The maximum absolute atomic E-state index is 5.89. The number of hydrogen-bond donors (Lipinski definition) is 1. The van der Waals surface area contributed by atoms with Crippen molar-refractivity contribution >= 4 is 11.3 Å². The molecule has 0 aromatic carbocycles. The van der Waals surface area contributed by atoms with Crippen LogP contribution in [-0.2, 0) is 11.2 Å². The van der Waals surface area contributed by atoms with Gasteiger partial charge >= 0.3 is 0 Å². The summed E-state index contributed by atoms with van der Waals surface area (Å²) in [6, 6.07) is 4.25. The van der Waals surface area contributed by atoms with E-state index in [9.17, 15) is 0 Å². The molecule has 0 aliphatic heterocycles. The Morgan fingerprint density at radius 1 is 1.44 bits per heavy atom. The first kappa shape index (κ1) is 13.7. The van der Waals surface area contributed by atoms with Gasteiger partial charge in [0.05, 0.1) is 12.2 Å². The Labute approximate surface area is 103 Å². The summed E-state index contributed by atoms with van der Waals surface area (Å²) in [5, 5.41) is 5.51. The SMILES string of the molecule is CCCNCC(C)(C)OCCc1cccs1. The molecule has 0 atom stereocenters. The summed E-state index contributed by atoms with van der Waals surface area (Å²) >= 11 is 1.80. The smallest absolute Gasteiger partial charge is 0.0750 e. The van der Waals surface area contributed by atoms with Crippen molar-refractivity contribution < 1.29 is 4.74 Å². The molecular formula is C13H23NOS. The molecule has 0 aliphatic carbocycles. The lowest BCUT2D eigenvalue weighted by Crippen LogP contribution is -2.38. The van der Waals surface area contributed by atoms with E-state index < -0.39 is 0 Å². The van der Waals surface area contributed by atoms with Crippen LogP contribution in [-0.4, -0.2) is 25.3 Å². The van der Waals surface area contributed by atoms with Gasteiger partial charge in [-0.3, -0.25) is 0 Å². The third-order valence-electron chi connectivity index (χ3n) is 2.40. The molecule has 92 valence electrons. The highest BCUT2D eigenvalue weighted by Crippen LogP contribution is 2.12. The van der Waals surface area contributed by atoms with Gasteiger partial charge in [-0.05, 0) is 38.3 Å². The third kappa shape index (κ3) is 5.64. The fraction of sp³-hybridized carbons (Fsp3) is 0.692. The zero-order chi connectivity index (χ0) is 11.9. The quantitative estimate of drug-likeness (QED) is 0.706. The summed E-state index contributed by atoms with van der Waals surface area (Å²) in [5.41, 5.74) is -0.0631. The monoisotopic (exact) mass is 241 g/mol. The molecule has 1 heterocycles. The van der Waals surface area contributed by atoms with Crippen LogP contribution >= 0.6 is 11.3 Å². The summed E-state index contributed by atoms with van der Waals surface area (Å²) < 4.78 is 5.89. The predicted molar refractivity (Wildman–Crippen MR) is 71.2 cm³/mol. The van der Waals surface area contributed by atoms with Crippen molar-refractivity contribution in [3.05, 3.63) is 22.4 Å². The van der Waals surface area contributed by atoms with Crippen molar-refractivity contribution in [3.8, 4) is 0 Å². The molecule has 3 heteroatoms. The van der Waals surface area contributed by atoms with Crippen LogP contribution in [0.1, 0.15) is 32.1 Å². The maximum atomic E-state index is 5.89. The van der Waals surface area contributed by atoms with Crippen LogP contribution in [0.2, 0.25) is 0 Å². The van der Waals surface area contributed by atoms with Gasteiger partial charge in [0.1, 0.15) is 0 Å². The van der Waals surface area contributed by atoms with Gasteiger partial charge in [0.25, 0.3) is 0 Å². The van der Waals surface area contributed by atoms with Crippen LogP contribution in [0.4, 0.5) is 0 Å². The van der Waals surface area contributed by atoms with Crippen LogP contribution in [0.3, 0.4) is 0 Å². The number of rotatable bonds is 8. The number of nitrogens with one attached hydrogen (secondary N) is 1. The van der Waals surface area contributed by atoms with E-state index in [-0.39, 0.29) is 5.60 Å². The summed E-state index contributed by atoms with van der Waals surface area (Å²) in [4.78, 5) is 1.40. The Morgan fingerprint density at radius 3 is 2.88 bits per heavy atom. The topological polar surface area (TPSA) is 21.3 Å². The molecule has 0 bridgehead atoms. The minimum atomic E-state index is -0.0631. The van der Waals surface area contributed by atoms with E-state index in [1.165, 1.54) is 11.3 Å². The molecule has 0 saturated carbocycles. The predicted octanol–water partition coefficient (Wildman–Crippen LogP) is 3.09. The zero-order valence-corrected chi connectivity index (χ0v) is 11.4. The molecule has 0 radical (unpaired) electrons. The molecule has 0 amide bonds. The lowest BCUT2D eigenvalue weighted by Gasteiger charge is -2.25. The van der Waals surface area contributed by atoms with Crippen LogP contribution in [0.5, 0.6) is 0 Å². The minimum absolute atomic E-state index is 0.0631. The van der Waals surface area contributed by atoms with E-state index in [2.05, 4.69) is 43.6 Å². The van der Waals surface area contributed by atoms with Crippen LogP contribution in [0.15, 0.2) is 17.5 Å². The summed E-state index contributed by atoms with van der Waals surface area (Å²) in [5.74, 6) is 0. The normalized spacial score (nSPS) is 11.9. The second-order valence-corrected chi connectivity index (χ2v) is 5.65. The summed E-state index contributed by atoms with van der Waals surface area (Å²) in [6.07, 6.45) is 2.19. The van der Waals surface area contributed by atoms with E-state index in [0.29, 0.717) is 0 Å². The van der Waals surface area contributed by atoms with E-state index in [4.69, 9.17) is 4.74 Å². The average Bonchev–Trinajstić information content (AvgIpc) is 2.70. The molecule has 0 unspecified atom stereocenters. The van der Waals surface area contributed by atoms with Crippen molar-refractivity contribution in [2.75, 3.05) is 19.7 Å². The molecule has 16 heavy (non-hydrogen) atoms. The van der Waals surface area contributed by atoms with Crippen LogP contribution < -0.4 is 5.32 Å². The standard InChI is InChI=1S/C13H23NOS/c1-4-8-14-11-13(2,3)15-9-7-12-6-5-10-16-12/h5-6,10,14H,4,7-9,11H2,1-3H3. The Kier molecular flexibility index (Phi) is 6.03. The highest BCUT2D eigenvalue weighted by atomic mass is 32.1. The Morgan fingerprint density at radius 2 is 2.25 bits per heavy atom.